The monoisotopic (exact) mass is 312 g/mol. The fourth-order valence-electron chi connectivity index (χ4n) is 3.22. The smallest absolute Gasteiger partial charge is 0.342 e. The van der Waals surface area contributed by atoms with Gasteiger partial charge >= 0.3 is 6.18 Å². The number of nitrogens with two attached hydrogens (primary N) is 1. The van der Waals surface area contributed by atoms with Crippen molar-refractivity contribution in [1.82, 2.24) is 4.90 Å². The summed E-state index contributed by atoms with van der Waals surface area (Å²) in [6, 6.07) is 5.17. The second-order valence-corrected chi connectivity index (χ2v) is 6.24. The first-order valence-corrected chi connectivity index (χ1v) is 7.56. The Bertz CT molecular complexity index is 556. The summed E-state index contributed by atoms with van der Waals surface area (Å²) in [6.45, 7) is 2.05. The summed E-state index contributed by atoms with van der Waals surface area (Å²) >= 11 is 0. The van der Waals surface area contributed by atoms with Crippen LogP contribution in [0.15, 0.2) is 24.3 Å². The van der Waals surface area contributed by atoms with Crippen LogP contribution in [0.4, 0.5) is 13.2 Å². The molecule has 2 fully saturated rings. The van der Waals surface area contributed by atoms with E-state index in [1.54, 1.807) is 0 Å². The van der Waals surface area contributed by atoms with Gasteiger partial charge in [0.05, 0.1) is 5.56 Å². The van der Waals surface area contributed by atoms with Crippen LogP contribution in [-0.4, -0.2) is 30.4 Å². The van der Waals surface area contributed by atoms with Crippen molar-refractivity contribution in [2.75, 3.05) is 19.6 Å². The molecule has 0 bridgehead atoms. The topological polar surface area (TPSA) is 46.3 Å². The van der Waals surface area contributed by atoms with E-state index in [0.29, 0.717) is 19.0 Å². The summed E-state index contributed by atoms with van der Waals surface area (Å²) in [7, 11) is 0. The molecule has 1 aliphatic carbocycles. The van der Waals surface area contributed by atoms with Crippen LogP contribution in [0.5, 0.6) is 0 Å². The summed E-state index contributed by atoms with van der Waals surface area (Å²) in [5, 5.41) is 0. The van der Waals surface area contributed by atoms with Gasteiger partial charge in [0, 0.05) is 19.0 Å². The molecular weight excluding hydrogens is 293 g/mol. The molecule has 1 aliphatic heterocycles. The van der Waals surface area contributed by atoms with Crippen LogP contribution in [0, 0.1) is 11.8 Å². The minimum Gasteiger partial charge on any atom is -0.342 e. The lowest BCUT2D eigenvalue weighted by molar-refractivity contribution is -0.137. The molecule has 1 heterocycles. The highest BCUT2D eigenvalue weighted by Crippen LogP contribution is 2.49. The van der Waals surface area contributed by atoms with Gasteiger partial charge in [-0.3, -0.25) is 4.79 Å². The van der Waals surface area contributed by atoms with Crippen LogP contribution >= 0.6 is 0 Å². The predicted molar refractivity (Wildman–Crippen MR) is 76.0 cm³/mol. The van der Waals surface area contributed by atoms with Gasteiger partial charge in [0.2, 0.25) is 5.91 Å². The Kier molecular flexibility index (Phi) is 3.89. The van der Waals surface area contributed by atoms with Gasteiger partial charge in [-0.15, -0.1) is 0 Å². The minimum absolute atomic E-state index is 0.0618. The van der Waals surface area contributed by atoms with Crippen LogP contribution in [0.2, 0.25) is 0 Å². The average molecular weight is 312 g/mol. The van der Waals surface area contributed by atoms with Crippen molar-refractivity contribution in [1.29, 1.82) is 0 Å². The van der Waals surface area contributed by atoms with Crippen molar-refractivity contribution in [2.45, 2.75) is 24.9 Å². The number of alkyl halides is 3. The first kappa shape index (κ1) is 15.3. The van der Waals surface area contributed by atoms with E-state index >= 15 is 0 Å². The van der Waals surface area contributed by atoms with Gasteiger partial charge in [0.25, 0.3) is 0 Å². The highest BCUT2D eigenvalue weighted by atomic mass is 19.4. The Morgan fingerprint density at radius 2 is 1.95 bits per heavy atom. The molecular formula is C16H19F3N2O. The second kappa shape index (κ2) is 5.57. The summed E-state index contributed by atoms with van der Waals surface area (Å²) in [5.74, 6) is 0.494. The van der Waals surface area contributed by atoms with Crippen LogP contribution in [0.1, 0.15) is 29.9 Å². The molecule has 1 saturated heterocycles. The van der Waals surface area contributed by atoms with Crippen molar-refractivity contribution in [3.8, 4) is 0 Å². The van der Waals surface area contributed by atoms with E-state index in [4.69, 9.17) is 5.73 Å². The molecule has 0 spiro atoms. The molecule has 22 heavy (non-hydrogen) atoms. The van der Waals surface area contributed by atoms with Gasteiger partial charge in [-0.2, -0.15) is 13.2 Å². The lowest BCUT2D eigenvalue weighted by Gasteiger charge is -2.16. The summed E-state index contributed by atoms with van der Waals surface area (Å²) in [4.78, 5) is 14.2. The maximum atomic E-state index is 12.5. The third-order valence-corrected chi connectivity index (χ3v) is 4.70. The third kappa shape index (κ3) is 2.97. The summed E-state index contributed by atoms with van der Waals surface area (Å²) < 4.78 is 37.6. The van der Waals surface area contributed by atoms with Crippen molar-refractivity contribution in [3.05, 3.63) is 35.4 Å². The van der Waals surface area contributed by atoms with Crippen LogP contribution in [-0.2, 0) is 11.0 Å². The van der Waals surface area contributed by atoms with Gasteiger partial charge in [0.15, 0.2) is 0 Å². The van der Waals surface area contributed by atoms with Gasteiger partial charge in [0.1, 0.15) is 0 Å². The molecule has 0 aromatic heterocycles. The van der Waals surface area contributed by atoms with Crippen LogP contribution in [0.25, 0.3) is 0 Å². The number of halogens is 3. The number of amides is 1. The number of carbonyl (C=O) groups is 1. The first-order chi connectivity index (χ1) is 10.4. The third-order valence-electron chi connectivity index (χ3n) is 4.70. The minimum atomic E-state index is -4.32. The van der Waals surface area contributed by atoms with Gasteiger partial charge in [-0.05, 0) is 48.9 Å². The fourth-order valence-corrected chi connectivity index (χ4v) is 3.22. The SMILES string of the molecule is NCC1CCN(C(=O)C2CC2c2ccc(C(F)(F)F)cc2)C1. The van der Waals surface area contributed by atoms with Gasteiger partial charge < -0.3 is 10.6 Å². The van der Waals surface area contributed by atoms with Crippen LogP contribution in [0.3, 0.4) is 0 Å². The van der Waals surface area contributed by atoms with Crippen molar-refractivity contribution < 1.29 is 18.0 Å². The largest absolute Gasteiger partial charge is 0.416 e. The van der Waals surface area contributed by atoms with Gasteiger partial charge in [-0.1, -0.05) is 12.1 Å². The Morgan fingerprint density at radius 3 is 2.50 bits per heavy atom. The number of benzene rings is 1. The molecule has 1 aromatic rings. The Morgan fingerprint density at radius 1 is 1.27 bits per heavy atom. The lowest BCUT2D eigenvalue weighted by atomic mass is 10.1. The van der Waals surface area contributed by atoms with Gasteiger partial charge in [-0.25, -0.2) is 0 Å². The van der Waals surface area contributed by atoms with Crippen molar-refractivity contribution in [3.63, 3.8) is 0 Å². The number of hydrogen-bond donors (Lipinski definition) is 1. The quantitative estimate of drug-likeness (QED) is 0.932. The highest BCUT2D eigenvalue weighted by molar-refractivity contribution is 5.83. The molecule has 6 heteroatoms. The fraction of sp³-hybridized carbons (Fsp3) is 0.562. The lowest BCUT2D eigenvalue weighted by Crippen LogP contribution is -2.31. The first-order valence-electron chi connectivity index (χ1n) is 7.56. The number of hydrogen-bond acceptors (Lipinski definition) is 2. The summed E-state index contributed by atoms with van der Waals surface area (Å²) in [6.07, 6.45) is -2.64. The normalized spacial score (nSPS) is 28.0. The second-order valence-electron chi connectivity index (χ2n) is 6.24. The highest BCUT2D eigenvalue weighted by Gasteiger charge is 2.46. The molecule has 3 rings (SSSR count). The zero-order valence-electron chi connectivity index (χ0n) is 12.1. The van der Waals surface area contributed by atoms with Crippen LogP contribution < -0.4 is 5.73 Å². The molecule has 3 unspecified atom stereocenters. The molecule has 120 valence electrons. The molecule has 1 amide bonds. The van der Waals surface area contributed by atoms with E-state index in [1.165, 1.54) is 12.1 Å². The number of nitrogens with zero attached hydrogens (tertiary/aromatic N) is 1. The molecule has 2 N–H and O–H groups in total. The maximum Gasteiger partial charge on any atom is 0.416 e. The zero-order valence-corrected chi connectivity index (χ0v) is 12.1. The zero-order chi connectivity index (χ0) is 15.9. The van der Waals surface area contributed by atoms with E-state index < -0.39 is 11.7 Å². The van der Waals surface area contributed by atoms with Crippen molar-refractivity contribution in [2.24, 2.45) is 17.6 Å². The number of carbonyl (C=O) groups excluding carboxylic acids is 1. The maximum absolute atomic E-state index is 12.5. The average Bonchev–Trinajstić information content (AvgIpc) is 3.14. The van der Waals surface area contributed by atoms with E-state index in [0.717, 1.165) is 37.1 Å². The number of likely N-dealkylation sites (tertiary alicyclic amines) is 1. The van der Waals surface area contributed by atoms with E-state index in [-0.39, 0.29) is 17.7 Å². The Hall–Kier alpha value is -1.56. The Balaban J connectivity index is 1.61. The van der Waals surface area contributed by atoms with Crippen molar-refractivity contribution >= 4 is 5.91 Å². The molecule has 2 aliphatic rings. The summed E-state index contributed by atoms with van der Waals surface area (Å²) in [5.41, 5.74) is 5.80. The van der Waals surface area contributed by atoms with E-state index in [1.807, 2.05) is 4.90 Å². The molecule has 3 atom stereocenters. The standard InChI is InChI=1S/C16H19F3N2O/c17-16(18,19)12-3-1-11(2-4-12)13-7-14(13)15(22)21-6-5-10(8-20)9-21/h1-4,10,13-14H,5-9,20H2. The molecule has 1 saturated carbocycles. The van der Waals surface area contributed by atoms with E-state index in [2.05, 4.69) is 0 Å². The number of rotatable bonds is 3. The Labute approximate surface area is 127 Å². The molecule has 3 nitrogen and oxygen atoms in total. The predicted octanol–water partition coefficient (Wildman–Crippen LogP) is 2.62. The molecule has 0 radical (unpaired) electrons. The van der Waals surface area contributed by atoms with E-state index in [9.17, 15) is 18.0 Å². The molecule has 1 aromatic carbocycles.